The van der Waals surface area contributed by atoms with Crippen LogP contribution in [0.4, 0.5) is 0 Å². The fourth-order valence-corrected chi connectivity index (χ4v) is 0. The molecule has 0 aromatic heterocycles. The zero-order chi connectivity index (χ0) is 27.9. The smallest absolute Gasteiger partial charge is 0.550 e. The molecule has 0 N–H and O–H groups in total. The molecule has 35 heavy (non-hydrogen) atoms. The molecular weight excluding hydrogens is 515 g/mol. The van der Waals surface area contributed by atoms with Crippen LogP contribution < -0.4 is 173 Å². The molecule has 0 aliphatic carbocycles. The van der Waals surface area contributed by atoms with Gasteiger partial charge in [-0.1, -0.05) is 0 Å². The summed E-state index contributed by atoms with van der Waals surface area (Å²) in [6.07, 6.45) is 0. The van der Waals surface area contributed by atoms with Crippen molar-refractivity contribution in [3.63, 3.8) is 0 Å². The molecule has 10 nitrogen and oxygen atoms in total. The van der Waals surface area contributed by atoms with Crippen molar-refractivity contribution >= 4 is 29.8 Å². The third-order valence-corrected chi connectivity index (χ3v) is 0. The Morgan fingerprint density at radius 2 is 0.314 bits per heavy atom. The minimum atomic E-state index is -1.08. The van der Waals surface area contributed by atoms with Gasteiger partial charge in [-0.05, 0) is 34.6 Å². The van der Waals surface area contributed by atoms with Crippen molar-refractivity contribution in [1.29, 1.82) is 0 Å². The van der Waals surface area contributed by atoms with Gasteiger partial charge in [0.25, 0.3) is 0 Å². The molecule has 0 spiro atoms. The second kappa shape index (κ2) is 158. The van der Waals surface area contributed by atoms with E-state index in [4.69, 9.17) is 49.5 Å². The van der Waals surface area contributed by atoms with E-state index in [2.05, 4.69) is 65.8 Å². The van der Waals surface area contributed by atoms with Crippen molar-refractivity contribution in [2.45, 2.75) is 34.6 Å². The van der Waals surface area contributed by atoms with Gasteiger partial charge in [-0.25, -0.2) is 0 Å². The molecule has 0 radical (unpaired) electrons. The van der Waals surface area contributed by atoms with Crippen LogP contribution in [-0.2, 0) is 24.0 Å². The molecule has 0 heterocycles. The van der Waals surface area contributed by atoms with Crippen LogP contribution in [0, 0.1) is 0 Å². The summed E-state index contributed by atoms with van der Waals surface area (Å²) in [5.74, 6) is -5.42. The number of hydrogen-bond donors (Lipinski definition) is 0. The first-order valence-electron chi connectivity index (χ1n) is 7.04. The molecule has 0 aliphatic rings. The van der Waals surface area contributed by atoms with E-state index in [1.165, 1.54) is 0 Å². The van der Waals surface area contributed by atoms with Gasteiger partial charge in [0, 0.05) is 29.8 Å². The van der Waals surface area contributed by atoms with E-state index in [-0.39, 0.29) is 148 Å². The number of carbonyl (C=O) groups is 5. The molecular formula is C20H35Na5O10. The number of carboxylic acids is 5. The summed E-state index contributed by atoms with van der Waals surface area (Å²) in [4.78, 5) is 44.4. The molecule has 0 aromatic carbocycles. The van der Waals surface area contributed by atoms with E-state index >= 15 is 0 Å². The van der Waals surface area contributed by atoms with Crippen molar-refractivity contribution < 1.29 is 197 Å². The Morgan fingerprint density at radius 1 is 0.314 bits per heavy atom. The number of hydrogen-bond acceptors (Lipinski definition) is 10. The third kappa shape index (κ3) is 34700. The molecule has 0 atom stereocenters. The summed E-state index contributed by atoms with van der Waals surface area (Å²) in [5.41, 5.74) is 0. The summed E-state index contributed by atoms with van der Waals surface area (Å²) in [6, 6.07) is 0. The quantitative estimate of drug-likeness (QED) is 0.206. The normalized spacial score (nSPS) is 4.14. The first-order valence-corrected chi connectivity index (χ1v) is 7.04. The molecule has 0 saturated carbocycles. The molecule has 0 unspecified atom stereocenters. The molecule has 0 saturated heterocycles. The number of aliphatic carboxylic acids is 5. The van der Waals surface area contributed by atoms with Gasteiger partial charge in [0.1, 0.15) is 0 Å². The zero-order valence-electron chi connectivity index (χ0n) is 23.7. The van der Waals surface area contributed by atoms with Crippen LogP contribution in [-0.4, -0.2) is 29.8 Å². The van der Waals surface area contributed by atoms with Gasteiger partial charge in [0.05, 0.1) is 0 Å². The van der Waals surface area contributed by atoms with Crippen molar-refractivity contribution in [1.82, 2.24) is 0 Å². The minimum Gasteiger partial charge on any atom is -0.550 e. The van der Waals surface area contributed by atoms with Gasteiger partial charge in [-0.2, -0.15) is 0 Å². The summed E-state index contributed by atoms with van der Waals surface area (Å²) in [5, 5.41) is 44.4. The first kappa shape index (κ1) is 99.9. The summed E-state index contributed by atoms with van der Waals surface area (Å²) < 4.78 is 0. The summed E-state index contributed by atoms with van der Waals surface area (Å²) in [6.45, 7) is 34.9. The number of rotatable bonds is 0. The summed E-state index contributed by atoms with van der Waals surface area (Å²) >= 11 is 0. The van der Waals surface area contributed by atoms with E-state index < -0.39 is 29.8 Å². The van der Waals surface area contributed by atoms with Crippen molar-refractivity contribution in [2.24, 2.45) is 0 Å². The van der Waals surface area contributed by atoms with Crippen LogP contribution in [0.2, 0.25) is 0 Å². The van der Waals surface area contributed by atoms with Crippen LogP contribution in [0.15, 0.2) is 65.8 Å². The van der Waals surface area contributed by atoms with E-state index in [1.807, 2.05) is 0 Å². The molecule has 0 aromatic rings. The Labute approximate surface area is 322 Å². The molecule has 15 heteroatoms. The SMILES string of the molecule is C=C.C=C.C=C.C=C.C=C.CC(=O)[O-].CC(=O)[O-].CC(=O)[O-].CC(=O)[O-].CC(=O)[O-].[Na+].[Na+].[Na+].[Na+].[Na+]. The average Bonchev–Trinajstić information content (AvgIpc) is 2.61. The third-order valence-electron chi connectivity index (χ3n) is 0. The zero-order valence-corrected chi connectivity index (χ0v) is 33.7. The topological polar surface area (TPSA) is 201 Å². The van der Waals surface area contributed by atoms with E-state index in [9.17, 15) is 0 Å². The van der Waals surface area contributed by atoms with Gasteiger partial charge in [-0.15, -0.1) is 65.8 Å². The standard InChI is InChI=1S/5C2H4O2.5C2H4.5Na/c5*1-2(3)4;5*1-2;;;;;/h5*1H3,(H,3,4);5*1-2H2;;;;;/q;;;;;;;;;;5*+1/p-5. The van der Waals surface area contributed by atoms with Crippen molar-refractivity contribution in [2.75, 3.05) is 0 Å². The van der Waals surface area contributed by atoms with Crippen LogP contribution >= 0.6 is 0 Å². The fraction of sp³-hybridized carbons (Fsp3) is 0.250. The Kier molecular flexibility index (Phi) is 450. The molecule has 0 rings (SSSR count). The summed E-state index contributed by atoms with van der Waals surface area (Å²) in [7, 11) is 0. The van der Waals surface area contributed by atoms with Crippen molar-refractivity contribution in [3.8, 4) is 0 Å². The van der Waals surface area contributed by atoms with Crippen LogP contribution in [0.5, 0.6) is 0 Å². The monoisotopic (exact) mass is 550 g/mol. The Bertz CT molecular complexity index is 286. The Hall–Kier alpha value is 1.05. The second-order valence-electron chi connectivity index (χ2n) is 2.46. The minimum absolute atomic E-state index is 0. The van der Waals surface area contributed by atoms with Crippen LogP contribution in [0.1, 0.15) is 34.6 Å². The predicted molar refractivity (Wildman–Crippen MR) is 110 cm³/mol. The molecule has 0 fully saturated rings. The van der Waals surface area contributed by atoms with E-state index in [1.54, 1.807) is 0 Å². The largest absolute Gasteiger partial charge is 1.00 e. The number of carbonyl (C=O) groups excluding carboxylic acids is 5. The van der Waals surface area contributed by atoms with Gasteiger partial charge >= 0.3 is 148 Å². The second-order valence-corrected chi connectivity index (χ2v) is 2.46. The average molecular weight is 550 g/mol. The Morgan fingerprint density at radius 3 is 0.314 bits per heavy atom. The fourth-order valence-electron chi connectivity index (χ4n) is 0. The van der Waals surface area contributed by atoms with Gasteiger partial charge in [0.2, 0.25) is 0 Å². The van der Waals surface area contributed by atoms with Crippen LogP contribution in [0.25, 0.3) is 0 Å². The van der Waals surface area contributed by atoms with Crippen molar-refractivity contribution in [3.05, 3.63) is 65.8 Å². The van der Waals surface area contributed by atoms with Gasteiger partial charge in [-0.3, -0.25) is 0 Å². The Balaban J connectivity index is -0.00000000978. The maximum absolute atomic E-state index is 8.89. The maximum atomic E-state index is 8.89. The van der Waals surface area contributed by atoms with Crippen LogP contribution in [0.3, 0.4) is 0 Å². The van der Waals surface area contributed by atoms with E-state index in [0.717, 1.165) is 34.6 Å². The van der Waals surface area contributed by atoms with Gasteiger partial charge in [0.15, 0.2) is 0 Å². The van der Waals surface area contributed by atoms with E-state index in [0.29, 0.717) is 0 Å². The number of carboxylic acid groups (broad SMARTS) is 5. The predicted octanol–water partition coefficient (Wildman–Crippen LogP) is -17.2. The first-order chi connectivity index (χ1) is 13.7. The molecule has 0 bridgehead atoms. The molecule has 180 valence electrons. The van der Waals surface area contributed by atoms with Gasteiger partial charge < -0.3 is 49.5 Å². The molecule has 0 amide bonds. The molecule has 0 aliphatic heterocycles. The maximum Gasteiger partial charge on any atom is 1.00 e.